The Kier molecular flexibility index (Phi) is 15.6. The van der Waals surface area contributed by atoms with Crippen molar-refractivity contribution in [3.05, 3.63) is 71.8 Å². The molecule has 59 heavy (non-hydrogen) atoms. The van der Waals surface area contributed by atoms with E-state index in [2.05, 4.69) is 31.9 Å². The lowest BCUT2D eigenvalue weighted by atomic mass is 10.0. The highest BCUT2D eigenvalue weighted by Gasteiger charge is 2.40. The lowest BCUT2D eigenvalue weighted by Gasteiger charge is -2.30. The molecule has 0 radical (unpaired) electrons. The van der Waals surface area contributed by atoms with Gasteiger partial charge in [-0.25, -0.2) is 0 Å². The Morgan fingerprint density at radius 3 is 1.61 bits per heavy atom. The molecule has 7 N–H and O–H groups in total. The number of carbonyl (C=O) groups is 8. The molecule has 1 unspecified atom stereocenters. The van der Waals surface area contributed by atoms with Gasteiger partial charge in [0.05, 0.1) is 13.2 Å². The standard InChI is InChI=1S/C42H56N8O9/c1-25(2)20-29-37(54)44-26(3)42(59)50-19-11-17-34(50)41(58)47-31(22-28-14-8-5-9-15-28)38(55)48-32(24-51)39(56)45-30(21-27-12-6-4-7-13-27)36(53)43-23-35(52)49-18-10-16-33(49)40(57)46-29/h4-9,12-15,25-26,29-34,51H,10-11,16-24H2,1-3H3,(H,43,53)(H,44,54)(H,45,56)(H,46,57)(H,47,58)(H,48,55)/t26-,29-,30-,31-,32-,33-,34?/m0/s1. The van der Waals surface area contributed by atoms with Crippen molar-refractivity contribution in [3.63, 3.8) is 0 Å². The number of carbonyl (C=O) groups excluding carboxylic acids is 8. The van der Waals surface area contributed by atoms with Crippen LogP contribution in [0.5, 0.6) is 0 Å². The average Bonchev–Trinajstić information content (AvgIpc) is 3.92. The minimum absolute atomic E-state index is 0.000785. The van der Waals surface area contributed by atoms with Gasteiger partial charge in [-0.1, -0.05) is 74.5 Å². The molecule has 0 aliphatic carbocycles. The first-order chi connectivity index (χ1) is 28.2. The summed E-state index contributed by atoms with van der Waals surface area (Å²) in [5, 5.41) is 26.3. The first-order valence-corrected chi connectivity index (χ1v) is 20.3. The molecule has 0 saturated carbocycles. The summed E-state index contributed by atoms with van der Waals surface area (Å²) < 4.78 is 0. The molecule has 0 spiro atoms. The second-order valence-corrected chi connectivity index (χ2v) is 15.8. The largest absolute Gasteiger partial charge is 0.394 e. The number of aliphatic hydroxyl groups excluding tert-OH is 1. The third kappa shape index (κ3) is 11.9. The van der Waals surface area contributed by atoms with E-state index in [-0.39, 0.29) is 44.7 Å². The minimum atomic E-state index is -1.55. The number of benzene rings is 2. The summed E-state index contributed by atoms with van der Waals surface area (Å²) in [7, 11) is 0. The Morgan fingerprint density at radius 1 is 0.593 bits per heavy atom. The zero-order valence-electron chi connectivity index (χ0n) is 33.8. The molecular formula is C42H56N8O9. The van der Waals surface area contributed by atoms with Gasteiger partial charge < -0.3 is 46.8 Å². The summed E-state index contributed by atoms with van der Waals surface area (Å²) in [6.45, 7) is 4.35. The van der Waals surface area contributed by atoms with E-state index in [0.717, 1.165) is 0 Å². The fraction of sp³-hybridized carbons (Fsp3) is 0.524. The Bertz CT molecular complexity index is 1850. The van der Waals surface area contributed by atoms with E-state index in [9.17, 15) is 43.5 Å². The summed E-state index contributed by atoms with van der Waals surface area (Å²) in [5.41, 5.74) is 1.35. The van der Waals surface area contributed by atoms with E-state index in [0.29, 0.717) is 30.4 Å². The molecule has 5 rings (SSSR count). The second kappa shape index (κ2) is 20.7. The van der Waals surface area contributed by atoms with Gasteiger partial charge in [-0.3, -0.25) is 38.4 Å². The highest BCUT2D eigenvalue weighted by atomic mass is 16.3. The predicted octanol–water partition coefficient (Wildman–Crippen LogP) is -0.934. The van der Waals surface area contributed by atoms with Crippen LogP contribution in [0.25, 0.3) is 0 Å². The van der Waals surface area contributed by atoms with Gasteiger partial charge in [0, 0.05) is 25.9 Å². The van der Waals surface area contributed by atoms with E-state index in [1.165, 1.54) is 16.7 Å². The molecule has 3 saturated heterocycles. The molecule has 3 fully saturated rings. The Labute approximate surface area is 343 Å². The average molecular weight is 817 g/mol. The summed E-state index contributed by atoms with van der Waals surface area (Å²) in [6.07, 6.45) is 1.82. The van der Waals surface area contributed by atoms with Crippen LogP contribution in [0, 0.1) is 5.92 Å². The van der Waals surface area contributed by atoms with Crippen LogP contribution in [0.15, 0.2) is 60.7 Å². The minimum Gasteiger partial charge on any atom is -0.394 e. The van der Waals surface area contributed by atoms with Gasteiger partial charge in [0.25, 0.3) is 0 Å². The molecule has 2 aromatic carbocycles. The molecule has 3 heterocycles. The van der Waals surface area contributed by atoms with Gasteiger partial charge in [-0.15, -0.1) is 0 Å². The number of fused-ring (bicyclic) bond motifs is 2. The fourth-order valence-electron chi connectivity index (χ4n) is 7.75. The van der Waals surface area contributed by atoms with Crippen molar-refractivity contribution in [2.24, 2.45) is 5.92 Å². The van der Waals surface area contributed by atoms with Crippen LogP contribution >= 0.6 is 0 Å². The monoisotopic (exact) mass is 816 g/mol. The number of amides is 8. The maximum atomic E-state index is 13.9. The van der Waals surface area contributed by atoms with Crippen LogP contribution in [0.1, 0.15) is 64.0 Å². The zero-order valence-corrected chi connectivity index (χ0v) is 33.8. The lowest BCUT2D eigenvalue weighted by molar-refractivity contribution is -0.142. The molecule has 17 heteroatoms. The summed E-state index contributed by atoms with van der Waals surface area (Å²) in [5.74, 6) is -5.29. The summed E-state index contributed by atoms with van der Waals surface area (Å²) in [6, 6.07) is 9.54. The molecule has 7 atom stereocenters. The topological polar surface area (TPSA) is 235 Å². The van der Waals surface area contributed by atoms with E-state index < -0.39 is 103 Å². The molecule has 8 amide bonds. The molecule has 318 valence electrons. The van der Waals surface area contributed by atoms with Crippen molar-refractivity contribution >= 4 is 47.3 Å². The van der Waals surface area contributed by atoms with E-state index in [1.807, 2.05) is 13.8 Å². The number of aliphatic hydroxyl groups is 1. The van der Waals surface area contributed by atoms with Crippen LogP contribution < -0.4 is 31.9 Å². The summed E-state index contributed by atoms with van der Waals surface area (Å²) >= 11 is 0. The smallest absolute Gasteiger partial charge is 0.245 e. The fourth-order valence-corrected chi connectivity index (χ4v) is 7.75. The van der Waals surface area contributed by atoms with Crippen molar-refractivity contribution in [3.8, 4) is 0 Å². The predicted molar refractivity (Wildman–Crippen MR) is 215 cm³/mol. The van der Waals surface area contributed by atoms with Crippen molar-refractivity contribution in [1.82, 2.24) is 41.7 Å². The van der Waals surface area contributed by atoms with Crippen LogP contribution in [-0.2, 0) is 51.2 Å². The number of rotatable bonds is 7. The molecule has 2 aromatic rings. The van der Waals surface area contributed by atoms with Crippen LogP contribution in [0.3, 0.4) is 0 Å². The van der Waals surface area contributed by atoms with Gasteiger partial charge in [0.1, 0.15) is 42.3 Å². The van der Waals surface area contributed by atoms with Crippen LogP contribution in [-0.4, -0.2) is 131 Å². The van der Waals surface area contributed by atoms with Gasteiger partial charge in [0.2, 0.25) is 47.3 Å². The zero-order chi connectivity index (χ0) is 42.6. The summed E-state index contributed by atoms with van der Waals surface area (Å²) in [4.78, 5) is 113. The molecular weight excluding hydrogens is 761 g/mol. The van der Waals surface area contributed by atoms with Crippen LogP contribution in [0.2, 0.25) is 0 Å². The normalized spacial score (nSPS) is 27.1. The van der Waals surface area contributed by atoms with Crippen molar-refractivity contribution in [2.45, 2.75) is 108 Å². The van der Waals surface area contributed by atoms with Gasteiger partial charge in [0.15, 0.2) is 0 Å². The lowest BCUT2D eigenvalue weighted by Crippen LogP contribution is -2.61. The number of nitrogens with zero attached hydrogens (tertiary/aromatic N) is 2. The SMILES string of the molecule is CC(C)C[C@@H]1NC(=O)[C@@H]2CCCN2C(=O)CNC(=O)[C@H](Cc2ccccc2)NC(=O)[C@H](CO)NC(=O)[C@H](Cc2ccccc2)NC(=O)C2CCCN2C(=O)[C@H](C)NC1=O. The van der Waals surface area contributed by atoms with Crippen LogP contribution in [0.4, 0.5) is 0 Å². The Hall–Kier alpha value is -5.84. The highest BCUT2D eigenvalue weighted by molar-refractivity contribution is 5.98. The first-order valence-electron chi connectivity index (χ1n) is 20.3. The molecule has 0 aromatic heterocycles. The van der Waals surface area contributed by atoms with Gasteiger partial charge in [-0.2, -0.15) is 0 Å². The van der Waals surface area contributed by atoms with Gasteiger partial charge >= 0.3 is 0 Å². The molecule has 3 aliphatic rings. The van der Waals surface area contributed by atoms with Gasteiger partial charge in [-0.05, 0) is 56.1 Å². The third-order valence-corrected chi connectivity index (χ3v) is 10.8. The van der Waals surface area contributed by atoms with E-state index >= 15 is 0 Å². The van der Waals surface area contributed by atoms with Crippen molar-refractivity contribution in [1.29, 1.82) is 0 Å². The number of hydrogen-bond donors (Lipinski definition) is 7. The van der Waals surface area contributed by atoms with Crippen molar-refractivity contribution < 1.29 is 43.5 Å². The first kappa shape index (κ1) is 44.3. The molecule has 3 aliphatic heterocycles. The van der Waals surface area contributed by atoms with E-state index in [1.54, 1.807) is 60.7 Å². The Morgan fingerprint density at radius 2 is 1.05 bits per heavy atom. The maximum Gasteiger partial charge on any atom is 0.245 e. The second-order valence-electron chi connectivity index (χ2n) is 15.8. The van der Waals surface area contributed by atoms with E-state index in [4.69, 9.17) is 0 Å². The quantitative estimate of drug-likeness (QED) is 0.183. The maximum absolute atomic E-state index is 13.9. The Balaban J connectivity index is 1.46. The number of hydrogen-bond acceptors (Lipinski definition) is 9. The third-order valence-electron chi connectivity index (χ3n) is 10.8. The molecule has 0 bridgehead atoms. The highest BCUT2D eigenvalue weighted by Crippen LogP contribution is 2.21. The molecule has 17 nitrogen and oxygen atoms in total. The van der Waals surface area contributed by atoms with Crippen molar-refractivity contribution in [2.75, 3.05) is 26.2 Å². The number of nitrogens with one attached hydrogen (secondary N) is 6.